The first-order chi connectivity index (χ1) is 12.1. The molecule has 0 aliphatic carbocycles. The monoisotopic (exact) mass is 347 g/mol. The molecule has 0 unspecified atom stereocenters. The maximum atomic E-state index is 12.6. The van der Waals surface area contributed by atoms with E-state index in [4.69, 9.17) is 0 Å². The number of rotatable bonds is 3. The summed E-state index contributed by atoms with van der Waals surface area (Å²) in [6.45, 7) is 1.98. The summed E-state index contributed by atoms with van der Waals surface area (Å²) in [7, 11) is 1.78. The fraction of sp³-hybridized carbons (Fsp3) is 0.150. The van der Waals surface area contributed by atoms with E-state index in [-0.39, 0.29) is 5.56 Å². The Bertz CT molecular complexity index is 1150. The number of aryl methyl sites for hydroxylation is 1. The van der Waals surface area contributed by atoms with Gasteiger partial charge in [-0.15, -0.1) is 0 Å². The van der Waals surface area contributed by atoms with Gasteiger partial charge in [0.25, 0.3) is 5.56 Å². The largest absolute Gasteiger partial charge is 0.290 e. The number of pyridine rings is 1. The lowest BCUT2D eigenvalue weighted by Gasteiger charge is -2.10. The highest BCUT2D eigenvalue weighted by Crippen LogP contribution is 2.25. The van der Waals surface area contributed by atoms with Gasteiger partial charge in [-0.2, -0.15) is 0 Å². The second-order valence-corrected chi connectivity index (χ2v) is 7.00. The second kappa shape index (κ2) is 6.33. The van der Waals surface area contributed by atoms with Crippen LogP contribution in [0.25, 0.3) is 21.8 Å². The van der Waals surface area contributed by atoms with Gasteiger partial charge in [-0.3, -0.25) is 14.3 Å². The van der Waals surface area contributed by atoms with Crippen LogP contribution in [-0.2, 0) is 12.8 Å². The summed E-state index contributed by atoms with van der Waals surface area (Å²) < 4.78 is 1.63. The van der Waals surface area contributed by atoms with Gasteiger partial charge in [0.2, 0.25) is 0 Å². The van der Waals surface area contributed by atoms with E-state index >= 15 is 0 Å². The van der Waals surface area contributed by atoms with Crippen molar-refractivity contribution < 1.29 is 0 Å². The van der Waals surface area contributed by atoms with Gasteiger partial charge >= 0.3 is 0 Å². The Morgan fingerprint density at radius 3 is 2.84 bits per heavy atom. The smallest absolute Gasteiger partial charge is 0.261 e. The summed E-state index contributed by atoms with van der Waals surface area (Å²) in [6.07, 6.45) is 1.81. The van der Waals surface area contributed by atoms with Crippen LogP contribution < -0.4 is 5.56 Å². The van der Waals surface area contributed by atoms with Gasteiger partial charge in [0.05, 0.1) is 16.4 Å². The van der Waals surface area contributed by atoms with E-state index in [9.17, 15) is 4.79 Å². The average Bonchev–Trinajstić information content (AvgIpc) is 2.64. The molecule has 2 aromatic heterocycles. The van der Waals surface area contributed by atoms with E-state index in [0.29, 0.717) is 16.3 Å². The third-order valence-corrected chi connectivity index (χ3v) is 5.34. The zero-order valence-corrected chi connectivity index (χ0v) is 14.9. The fourth-order valence-corrected chi connectivity index (χ4v) is 3.88. The van der Waals surface area contributed by atoms with Crippen LogP contribution >= 0.6 is 11.8 Å². The standard InChI is InChI=1S/C20H17N3OS/c1-13-8-9-17-16(11-13)19(24)23(2)20(22-17)25-12-15-6-3-5-14-7-4-10-21-18(14)15/h3-11H,12H2,1-2H3. The van der Waals surface area contributed by atoms with Crippen LogP contribution in [-0.4, -0.2) is 14.5 Å². The van der Waals surface area contributed by atoms with Crippen molar-refractivity contribution in [2.24, 2.45) is 7.05 Å². The molecular formula is C20H17N3OS. The molecule has 4 aromatic rings. The van der Waals surface area contributed by atoms with Crippen molar-refractivity contribution >= 4 is 33.6 Å². The molecule has 124 valence electrons. The van der Waals surface area contributed by atoms with Crippen molar-refractivity contribution in [2.45, 2.75) is 17.8 Å². The van der Waals surface area contributed by atoms with E-state index in [1.165, 1.54) is 0 Å². The van der Waals surface area contributed by atoms with Crippen LogP contribution in [0.4, 0.5) is 0 Å². The molecule has 2 heterocycles. The van der Waals surface area contributed by atoms with Gasteiger partial charge < -0.3 is 0 Å². The first kappa shape index (κ1) is 15.8. The van der Waals surface area contributed by atoms with E-state index in [2.05, 4.69) is 28.2 Å². The Labute approximate surface area is 149 Å². The zero-order chi connectivity index (χ0) is 17.4. The molecular weight excluding hydrogens is 330 g/mol. The molecule has 5 heteroatoms. The molecule has 25 heavy (non-hydrogen) atoms. The Balaban J connectivity index is 1.72. The Hall–Kier alpha value is -2.66. The van der Waals surface area contributed by atoms with Gasteiger partial charge in [-0.05, 0) is 30.7 Å². The molecule has 0 atom stereocenters. The minimum Gasteiger partial charge on any atom is -0.290 e. The van der Waals surface area contributed by atoms with Crippen LogP contribution in [0, 0.1) is 6.92 Å². The minimum absolute atomic E-state index is 0.00718. The van der Waals surface area contributed by atoms with Crippen molar-refractivity contribution in [1.29, 1.82) is 0 Å². The lowest BCUT2D eigenvalue weighted by Crippen LogP contribution is -2.20. The molecule has 4 rings (SSSR count). The molecule has 0 bridgehead atoms. The maximum absolute atomic E-state index is 12.6. The lowest BCUT2D eigenvalue weighted by molar-refractivity contribution is 0.726. The zero-order valence-electron chi connectivity index (χ0n) is 14.1. The van der Waals surface area contributed by atoms with Crippen molar-refractivity contribution in [1.82, 2.24) is 14.5 Å². The molecule has 0 saturated heterocycles. The van der Waals surface area contributed by atoms with Crippen LogP contribution in [0.2, 0.25) is 0 Å². The highest BCUT2D eigenvalue weighted by atomic mass is 32.2. The Morgan fingerprint density at radius 1 is 1.12 bits per heavy atom. The highest BCUT2D eigenvalue weighted by Gasteiger charge is 2.10. The molecule has 0 aliphatic heterocycles. The van der Waals surface area contributed by atoms with Crippen molar-refractivity contribution in [3.05, 3.63) is 76.2 Å². The summed E-state index contributed by atoms with van der Waals surface area (Å²) in [5.41, 5.74) is 3.94. The third kappa shape index (κ3) is 2.91. The summed E-state index contributed by atoms with van der Waals surface area (Å²) in [4.78, 5) is 21.8. The first-order valence-electron chi connectivity index (χ1n) is 8.06. The number of nitrogens with zero attached hydrogens (tertiary/aromatic N) is 3. The normalized spacial score (nSPS) is 11.3. The van der Waals surface area contributed by atoms with Gasteiger partial charge in [0, 0.05) is 24.4 Å². The Morgan fingerprint density at radius 2 is 1.96 bits per heavy atom. The predicted octanol–water partition coefficient (Wildman–Crippen LogP) is 4.08. The number of fused-ring (bicyclic) bond motifs is 2. The summed E-state index contributed by atoms with van der Waals surface area (Å²) in [5.74, 6) is 0.714. The van der Waals surface area contributed by atoms with Gasteiger partial charge in [0.1, 0.15) is 0 Å². The first-order valence-corrected chi connectivity index (χ1v) is 9.05. The maximum Gasteiger partial charge on any atom is 0.261 e. The van der Waals surface area contributed by atoms with Crippen molar-refractivity contribution in [3.8, 4) is 0 Å². The molecule has 0 N–H and O–H groups in total. The van der Waals surface area contributed by atoms with Gasteiger partial charge in [-0.1, -0.05) is 47.7 Å². The van der Waals surface area contributed by atoms with Crippen LogP contribution in [0.1, 0.15) is 11.1 Å². The summed E-state index contributed by atoms with van der Waals surface area (Å²) in [5, 5.41) is 2.50. The van der Waals surface area contributed by atoms with Crippen molar-refractivity contribution in [3.63, 3.8) is 0 Å². The number of thioether (sulfide) groups is 1. The van der Waals surface area contributed by atoms with Crippen LogP contribution in [0.3, 0.4) is 0 Å². The number of para-hydroxylation sites is 1. The summed E-state index contributed by atoms with van der Waals surface area (Å²) >= 11 is 1.56. The molecule has 0 amide bonds. The SMILES string of the molecule is Cc1ccc2nc(SCc3cccc4cccnc34)n(C)c(=O)c2c1. The highest BCUT2D eigenvalue weighted by molar-refractivity contribution is 7.98. The van der Waals surface area contributed by atoms with Crippen molar-refractivity contribution in [2.75, 3.05) is 0 Å². The summed E-state index contributed by atoms with van der Waals surface area (Å²) in [6, 6.07) is 16.0. The average molecular weight is 347 g/mol. The molecule has 0 spiro atoms. The van der Waals surface area contributed by atoms with E-state index in [1.807, 2.05) is 43.5 Å². The molecule has 0 aliphatic rings. The number of aromatic nitrogens is 3. The Kier molecular flexibility index (Phi) is 4.01. The predicted molar refractivity (Wildman–Crippen MR) is 103 cm³/mol. The van der Waals surface area contributed by atoms with E-state index in [1.54, 1.807) is 23.4 Å². The van der Waals surface area contributed by atoms with Crippen LogP contribution in [0.15, 0.2) is 64.7 Å². The number of hydrogen-bond acceptors (Lipinski definition) is 4. The second-order valence-electron chi connectivity index (χ2n) is 6.06. The van der Waals surface area contributed by atoms with Gasteiger partial charge in [0.15, 0.2) is 5.16 Å². The van der Waals surface area contributed by atoms with E-state index < -0.39 is 0 Å². The lowest BCUT2D eigenvalue weighted by atomic mass is 10.1. The molecule has 0 radical (unpaired) electrons. The van der Waals surface area contributed by atoms with Gasteiger partial charge in [-0.25, -0.2) is 4.98 Å². The molecule has 0 saturated carbocycles. The third-order valence-electron chi connectivity index (χ3n) is 4.26. The molecule has 4 nitrogen and oxygen atoms in total. The van der Waals surface area contributed by atoms with E-state index in [0.717, 1.165) is 27.5 Å². The quantitative estimate of drug-likeness (QED) is 0.414. The topological polar surface area (TPSA) is 47.8 Å². The minimum atomic E-state index is -0.00718. The molecule has 0 fully saturated rings. The number of hydrogen-bond donors (Lipinski definition) is 0. The number of benzene rings is 2. The molecule has 2 aromatic carbocycles. The fourth-order valence-electron chi connectivity index (χ4n) is 2.92. The van der Waals surface area contributed by atoms with Crippen LogP contribution in [0.5, 0.6) is 0 Å².